The van der Waals surface area contributed by atoms with Crippen molar-refractivity contribution in [3.05, 3.63) is 27.7 Å². The highest BCUT2D eigenvalue weighted by molar-refractivity contribution is 9.10. The monoisotopic (exact) mass is 361 g/mol. The Morgan fingerprint density at radius 3 is 2.50 bits per heavy atom. The van der Waals surface area contributed by atoms with Gasteiger partial charge in [0, 0.05) is 4.47 Å². The zero-order valence-corrected chi connectivity index (χ0v) is 13.5. The predicted octanol–water partition coefficient (Wildman–Crippen LogP) is 2.50. The van der Waals surface area contributed by atoms with Gasteiger partial charge >= 0.3 is 5.97 Å². The molecule has 2 rings (SSSR count). The highest BCUT2D eigenvalue weighted by Crippen LogP contribution is 2.27. The Kier molecular flexibility index (Phi) is 4.51. The van der Waals surface area contributed by atoms with Gasteiger partial charge in [0.25, 0.3) is 0 Å². The molecule has 0 heterocycles. The van der Waals surface area contributed by atoms with Crippen LogP contribution in [0.2, 0.25) is 0 Å². The van der Waals surface area contributed by atoms with Crippen molar-refractivity contribution in [2.24, 2.45) is 5.14 Å². The van der Waals surface area contributed by atoms with E-state index in [1.165, 1.54) is 12.1 Å². The molecule has 0 unspecified atom stereocenters. The number of primary sulfonamides is 1. The maximum absolute atomic E-state index is 12.2. The van der Waals surface area contributed by atoms with Gasteiger partial charge in [-0.3, -0.25) is 0 Å². The fraction of sp³-hybridized carbons (Fsp3) is 0.462. The van der Waals surface area contributed by atoms with Gasteiger partial charge in [-0.05, 0) is 50.3 Å². The molecule has 0 bridgehead atoms. The van der Waals surface area contributed by atoms with E-state index >= 15 is 0 Å². The SMILES string of the molecule is Cc1c(Br)cc(S(N)(=O)=O)cc1C(=O)OC1CCCC1. The third-order valence-electron chi connectivity index (χ3n) is 3.44. The van der Waals surface area contributed by atoms with Crippen LogP contribution < -0.4 is 5.14 Å². The average Bonchev–Trinajstić information content (AvgIpc) is 2.83. The topological polar surface area (TPSA) is 86.5 Å². The van der Waals surface area contributed by atoms with Gasteiger partial charge in [-0.2, -0.15) is 0 Å². The summed E-state index contributed by atoms with van der Waals surface area (Å²) in [5.41, 5.74) is 0.871. The molecule has 0 aromatic heterocycles. The quantitative estimate of drug-likeness (QED) is 0.837. The van der Waals surface area contributed by atoms with Crippen molar-refractivity contribution in [2.45, 2.75) is 43.6 Å². The minimum Gasteiger partial charge on any atom is -0.459 e. The van der Waals surface area contributed by atoms with Crippen LogP contribution in [0.1, 0.15) is 41.6 Å². The molecule has 0 aliphatic heterocycles. The second-order valence-electron chi connectivity index (χ2n) is 4.93. The fourth-order valence-electron chi connectivity index (χ4n) is 2.25. The van der Waals surface area contributed by atoms with Crippen molar-refractivity contribution in [3.8, 4) is 0 Å². The van der Waals surface area contributed by atoms with Crippen LogP contribution in [0.25, 0.3) is 0 Å². The standard InChI is InChI=1S/C13H16BrNO4S/c1-8-11(13(16)19-9-4-2-3-5-9)6-10(7-12(8)14)20(15,17)18/h6-7,9H,2-5H2,1H3,(H2,15,17,18). The molecule has 110 valence electrons. The van der Waals surface area contributed by atoms with E-state index < -0.39 is 16.0 Å². The number of sulfonamides is 1. The molecule has 5 nitrogen and oxygen atoms in total. The summed E-state index contributed by atoms with van der Waals surface area (Å²) < 4.78 is 28.8. The number of halogens is 1. The maximum Gasteiger partial charge on any atom is 0.338 e. The number of ether oxygens (including phenoxy) is 1. The van der Waals surface area contributed by atoms with Crippen LogP contribution >= 0.6 is 15.9 Å². The number of rotatable bonds is 3. The minimum absolute atomic E-state index is 0.0705. The number of hydrogen-bond donors (Lipinski definition) is 1. The molecule has 2 N–H and O–H groups in total. The van der Waals surface area contributed by atoms with Crippen molar-refractivity contribution >= 4 is 31.9 Å². The van der Waals surface area contributed by atoms with Crippen LogP contribution in [-0.2, 0) is 14.8 Å². The Morgan fingerprint density at radius 2 is 1.95 bits per heavy atom. The molecule has 0 spiro atoms. The number of esters is 1. The van der Waals surface area contributed by atoms with E-state index in [4.69, 9.17) is 9.88 Å². The molecule has 1 aliphatic carbocycles. The summed E-state index contributed by atoms with van der Waals surface area (Å²) in [7, 11) is -3.86. The first-order valence-corrected chi connectivity index (χ1v) is 8.67. The Balaban J connectivity index is 2.34. The van der Waals surface area contributed by atoms with Crippen LogP contribution in [0.4, 0.5) is 0 Å². The highest BCUT2D eigenvalue weighted by atomic mass is 79.9. The van der Waals surface area contributed by atoms with Gasteiger partial charge < -0.3 is 4.74 Å². The largest absolute Gasteiger partial charge is 0.459 e. The molecule has 1 aliphatic rings. The van der Waals surface area contributed by atoms with E-state index in [-0.39, 0.29) is 16.6 Å². The van der Waals surface area contributed by atoms with Gasteiger partial charge in [-0.15, -0.1) is 0 Å². The fourth-order valence-corrected chi connectivity index (χ4v) is 3.43. The summed E-state index contributed by atoms with van der Waals surface area (Å²) in [6, 6.07) is 2.66. The van der Waals surface area contributed by atoms with Gasteiger partial charge in [-0.25, -0.2) is 18.4 Å². The molecular weight excluding hydrogens is 346 g/mol. The molecule has 1 aromatic carbocycles. The van der Waals surface area contributed by atoms with Gasteiger partial charge in [0.05, 0.1) is 10.5 Å². The molecule has 0 atom stereocenters. The summed E-state index contributed by atoms with van der Waals surface area (Å²) in [6.07, 6.45) is 3.76. The molecule has 1 fully saturated rings. The zero-order chi connectivity index (χ0) is 14.9. The molecule has 1 aromatic rings. The van der Waals surface area contributed by atoms with Gasteiger partial charge in [0.15, 0.2) is 0 Å². The van der Waals surface area contributed by atoms with Crippen molar-refractivity contribution < 1.29 is 17.9 Å². The van der Waals surface area contributed by atoms with Crippen molar-refractivity contribution in [1.29, 1.82) is 0 Å². The lowest BCUT2D eigenvalue weighted by molar-refractivity contribution is 0.0316. The summed E-state index contributed by atoms with van der Waals surface area (Å²) in [5, 5.41) is 5.11. The lowest BCUT2D eigenvalue weighted by atomic mass is 10.1. The van der Waals surface area contributed by atoms with Crippen LogP contribution in [0.15, 0.2) is 21.5 Å². The second kappa shape index (κ2) is 5.83. The Bertz CT molecular complexity index is 636. The molecule has 0 radical (unpaired) electrons. The first kappa shape index (κ1) is 15.5. The number of nitrogens with two attached hydrogens (primary N) is 1. The first-order valence-electron chi connectivity index (χ1n) is 6.33. The third-order valence-corrected chi connectivity index (χ3v) is 5.16. The van der Waals surface area contributed by atoms with E-state index in [1.807, 2.05) is 0 Å². The zero-order valence-electron chi connectivity index (χ0n) is 11.1. The van der Waals surface area contributed by atoms with E-state index in [2.05, 4.69) is 15.9 Å². The van der Waals surface area contributed by atoms with Gasteiger partial charge in [0.2, 0.25) is 10.0 Å². The summed E-state index contributed by atoms with van der Waals surface area (Å²) >= 11 is 3.24. The maximum atomic E-state index is 12.2. The second-order valence-corrected chi connectivity index (χ2v) is 7.35. The minimum atomic E-state index is -3.86. The Hall–Kier alpha value is -0.920. The number of carbonyl (C=O) groups is 1. The van der Waals surface area contributed by atoms with Gasteiger partial charge in [-0.1, -0.05) is 15.9 Å². The molecule has 0 amide bonds. The molecule has 7 heteroatoms. The van der Waals surface area contributed by atoms with Crippen LogP contribution in [0.5, 0.6) is 0 Å². The Morgan fingerprint density at radius 1 is 1.35 bits per heavy atom. The van der Waals surface area contributed by atoms with E-state index in [9.17, 15) is 13.2 Å². The number of hydrogen-bond acceptors (Lipinski definition) is 4. The summed E-state index contributed by atoms with van der Waals surface area (Å²) in [4.78, 5) is 12.1. The van der Waals surface area contributed by atoms with E-state index in [0.29, 0.717) is 10.0 Å². The molecule has 0 saturated heterocycles. The van der Waals surface area contributed by atoms with Gasteiger partial charge in [0.1, 0.15) is 6.10 Å². The smallest absolute Gasteiger partial charge is 0.338 e. The normalized spacial score (nSPS) is 16.4. The summed E-state index contributed by atoms with van der Waals surface area (Å²) in [5.74, 6) is -0.499. The molecule has 1 saturated carbocycles. The Labute approximate surface area is 126 Å². The molecule has 20 heavy (non-hydrogen) atoms. The van der Waals surface area contributed by atoms with Crippen molar-refractivity contribution in [1.82, 2.24) is 0 Å². The number of carbonyl (C=O) groups excluding carboxylic acids is 1. The molecular formula is C13H16BrNO4S. The van der Waals surface area contributed by atoms with Crippen LogP contribution in [-0.4, -0.2) is 20.5 Å². The lowest BCUT2D eigenvalue weighted by Gasteiger charge is -2.14. The lowest BCUT2D eigenvalue weighted by Crippen LogP contribution is -2.18. The highest BCUT2D eigenvalue weighted by Gasteiger charge is 2.23. The average molecular weight is 362 g/mol. The van der Waals surface area contributed by atoms with Crippen LogP contribution in [0, 0.1) is 6.92 Å². The number of benzene rings is 1. The van der Waals surface area contributed by atoms with Crippen LogP contribution in [0.3, 0.4) is 0 Å². The van der Waals surface area contributed by atoms with E-state index in [0.717, 1.165) is 25.7 Å². The van der Waals surface area contributed by atoms with Crippen molar-refractivity contribution in [3.63, 3.8) is 0 Å². The third kappa shape index (κ3) is 3.39. The predicted molar refractivity (Wildman–Crippen MR) is 77.9 cm³/mol. The van der Waals surface area contributed by atoms with Crippen molar-refractivity contribution in [2.75, 3.05) is 0 Å². The van der Waals surface area contributed by atoms with E-state index in [1.54, 1.807) is 6.92 Å². The first-order chi connectivity index (χ1) is 9.29. The summed E-state index contributed by atoms with van der Waals surface area (Å²) in [6.45, 7) is 1.72.